The number of nitrogens with zero attached hydrogens (tertiary/aromatic N) is 1. The number of nitrogens with one attached hydrogen (secondary N) is 1. The summed E-state index contributed by atoms with van der Waals surface area (Å²) in [5.74, 6) is 1.85. The number of hydrogen-bond acceptors (Lipinski definition) is 2. The lowest BCUT2D eigenvalue weighted by Crippen LogP contribution is -2.40. The fraction of sp³-hybridized carbons (Fsp3) is 1.00. The van der Waals surface area contributed by atoms with E-state index in [0.717, 1.165) is 18.4 Å². The van der Waals surface area contributed by atoms with Crippen molar-refractivity contribution in [3.8, 4) is 0 Å². The molecule has 102 valence electrons. The molecule has 0 aliphatic carbocycles. The van der Waals surface area contributed by atoms with Crippen molar-refractivity contribution in [3.05, 3.63) is 0 Å². The van der Waals surface area contributed by atoms with Crippen LogP contribution in [-0.4, -0.2) is 37.1 Å². The normalized spacial score (nSPS) is 21.0. The van der Waals surface area contributed by atoms with Crippen molar-refractivity contribution < 1.29 is 0 Å². The van der Waals surface area contributed by atoms with Gasteiger partial charge in [-0.25, -0.2) is 0 Å². The third-order valence-electron chi connectivity index (χ3n) is 4.22. The van der Waals surface area contributed by atoms with Crippen LogP contribution in [0.25, 0.3) is 0 Å². The summed E-state index contributed by atoms with van der Waals surface area (Å²) in [4.78, 5) is 2.63. The average molecular weight is 240 g/mol. The molecular weight excluding hydrogens is 208 g/mol. The molecule has 0 bridgehead atoms. The van der Waals surface area contributed by atoms with Gasteiger partial charge in [0.25, 0.3) is 0 Å². The van der Waals surface area contributed by atoms with Crippen LogP contribution in [0.1, 0.15) is 53.4 Å². The smallest absolute Gasteiger partial charge is 0.0107 e. The molecule has 0 aromatic carbocycles. The molecule has 1 aliphatic rings. The van der Waals surface area contributed by atoms with Crippen molar-refractivity contribution in [3.63, 3.8) is 0 Å². The highest BCUT2D eigenvalue weighted by atomic mass is 15.1. The van der Waals surface area contributed by atoms with E-state index in [1.54, 1.807) is 0 Å². The molecule has 0 aromatic heterocycles. The van der Waals surface area contributed by atoms with Crippen LogP contribution < -0.4 is 5.32 Å². The molecule has 1 fully saturated rings. The van der Waals surface area contributed by atoms with E-state index in [1.165, 1.54) is 45.3 Å². The molecule has 0 amide bonds. The summed E-state index contributed by atoms with van der Waals surface area (Å²) in [6.45, 7) is 14.3. The van der Waals surface area contributed by atoms with Gasteiger partial charge in [0.1, 0.15) is 0 Å². The molecule has 1 N–H and O–H groups in total. The zero-order valence-electron chi connectivity index (χ0n) is 12.3. The van der Waals surface area contributed by atoms with Crippen molar-refractivity contribution in [2.75, 3.05) is 26.2 Å². The van der Waals surface area contributed by atoms with Gasteiger partial charge in [-0.1, -0.05) is 27.2 Å². The Morgan fingerprint density at radius 3 is 2.35 bits per heavy atom. The minimum atomic E-state index is 0.688. The molecule has 0 spiro atoms. The van der Waals surface area contributed by atoms with Crippen LogP contribution >= 0.6 is 0 Å². The zero-order valence-corrected chi connectivity index (χ0v) is 12.3. The van der Waals surface area contributed by atoms with E-state index in [4.69, 9.17) is 0 Å². The van der Waals surface area contributed by atoms with E-state index in [9.17, 15) is 0 Å². The van der Waals surface area contributed by atoms with Crippen LogP contribution in [0.2, 0.25) is 0 Å². The molecule has 1 heterocycles. The molecule has 17 heavy (non-hydrogen) atoms. The highest BCUT2D eigenvalue weighted by molar-refractivity contribution is 4.75. The Labute approximate surface area is 108 Å². The van der Waals surface area contributed by atoms with E-state index in [1.807, 2.05) is 0 Å². The molecule has 1 aliphatic heterocycles. The zero-order chi connectivity index (χ0) is 12.7. The molecule has 1 saturated heterocycles. The van der Waals surface area contributed by atoms with Crippen molar-refractivity contribution in [2.45, 2.75) is 59.4 Å². The monoisotopic (exact) mass is 240 g/mol. The van der Waals surface area contributed by atoms with Crippen LogP contribution in [0.5, 0.6) is 0 Å². The highest BCUT2D eigenvalue weighted by Gasteiger charge is 2.20. The van der Waals surface area contributed by atoms with Crippen molar-refractivity contribution in [2.24, 2.45) is 11.8 Å². The predicted molar refractivity (Wildman–Crippen MR) is 76.4 cm³/mol. The summed E-state index contributed by atoms with van der Waals surface area (Å²) in [5, 5.41) is 3.62. The average Bonchev–Trinajstić information content (AvgIpc) is 2.30. The molecule has 1 unspecified atom stereocenters. The molecule has 2 nitrogen and oxygen atoms in total. The molecule has 0 saturated carbocycles. The minimum Gasteiger partial charge on any atom is -0.313 e. The highest BCUT2D eigenvalue weighted by Crippen LogP contribution is 2.23. The van der Waals surface area contributed by atoms with Gasteiger partial charge in [0.2, 0.25) is 0 Å². The Morgan fingerprint density at radius 2 is 1.82 bits per heavy atom. The first-order valence-electron chi connectivity index (χ1n) is 7.59. The Morgan fingerprint density at radius 1 is 1.18 bits per heavy atom. The van der Waals surface area contributed by atoms with E-state index in [2.05, 4.69) is 37.9 Å². The van der Waals surface area contributed by atoms with Crippen LogP contribution in [0.15, 0.2) is 0 Å². The Kier molecular flexibility index (Phi) is 7.14. The third-order valence-corrected chi connectivity index (χ3v) is 4.22. The second-order valence-corrected chi connectivity index (χ2v) is 6.07. The first-order valence-corrected chi connectivity index (χ1v) is 7.59. The lowest BCUT2D eigenvalue weighted by molar-refractivity contribution is 0.157. The second kappa shape index (κ2) is 8.10. The Bertz CT molecular complexity index is 183. The number of likely N-dealkylation sites (tertiary alicyclic amines) is 1. The summed E-state index contributed by atoms with van der Waals surface area (Å²) in [5.41, 5.74) is 0. The summed E-state index contributed by atoms with van der Waals surface area (Å²) >= 11 is 0. The number of piperidine rings is 1. The fourth-order valence-electron chi connectivity index (χ4n) is 2.85. The topological polar surface area (TPSA) is 15.3 Å². The van der Waals surface area contributed by atoms with Gasteiger partial charge < -0.3 is 10.2 Å². The van der Waals surface area contributed by atoms with Crippen LogP contribution in [0, 0.1) is 11.8 Å². The van der Waals surface area contributed by atoms with Gasteiger partial charge in [0.05, 0.1) is 0 Å². The van der Waals surface area contributed by atoms with Crippen molar-refractivity contribution in [1.29, 1.82) is 0 Å². The van der Waals surface area contributed by atoms with Gasteiger partial charge in [-0.3, -0.25) is 0 Å². The maximum atomic E-state index is 3.62. The van der Waals surface area contributed by atoms with E-state index >= 15 is 0 Å². The SMILES string of the molecule is CCCC(C)NCCN1CCC(C(C)C)CC1. The van der Waals surface area contributed by atoms with Gasteiger partial charge >= 0.3 is 0 Å². The van der Waals surface area contributed by atoms with Gasteiger partial charge in [0, 0.05) is 19.1 Å². The fourth-order valence-corrected chi connectivity index (χ4v) is 2.85. The van der Waals surface area contributed by atoms with Gasteiger partial charge in [-0.05, 0) is 51.1 Å². The second-order valence-electron chi connectivity index (χ2n) is 6.07. The standard InChI is InChI=1S/C15H32N2/c1-5-6-14(4)16-9-12-17-10-7-15(8-11-17)13(2)3/h13-16H,5-12H2,1-4H3. The minimum absolute atomic E-state index is 0.688. The largest absolute Gasteiger partial charge is 0.313 e. The third kappa shape index (κ3) is 5.87. The first kappa shape index (κ1) is 15.0. The van der Waals surface area contributed by atoms with Crippen LogP contribution in [0.3, 0.4) is 0 Å². The summed E-state index contributed by atoms with van der Waals surface area (Å²) in [6, 6.07) is 0.688. The molecule has 2 heteroatoms. The number of hydrogen-bond donors (Lipinski definition) is 1. The predicted octanol–water partition coefficient (Wildman–Crippen LogP) is 3.13. The summed E-state index contributed by atoms with van der Waals surface area (Å²) in [6.07, 6.45) is 5.40. The van der Waals surface area contributed by atoms with Gasteiger partial charge in [0.15, 0.2) is 0 Å². The number of rotatable bonds is 7. The maximum Gasteiger partial charge on any atom is 0.0107 e. The lowest BCUT2D eigenvalue weighted by Gasteiger charge is -2.34. The van der Waals surface area contributed by atoms with E-state index < -0.39 is 0 Å². The Balaban J connectivity index is 2.06. The van der Waals surface area contributed by atoms with E-state index in [-0.39, 0.29) is 0 Å². The van der Waals surface area contributed by atoms with Crippen molar-refractivity contribution in [1.82, 2.24) is 10.2 Å². The Hall–Kier alpha value is -0.0800. The summed E-state index contributed by atoms with van der Waals surface area (Å²) < 4.78 is 0. The van der Waals surface area contributed by atoms with Crippen LogP contribution in [-0.2, 0) is 0 Å². The molecular formula is C15H32N2. The molecule has 0 aromatic rings. The first-order chi connectivity index (χ1) is 8.13. The van der Waals surface area contributed by atoms with Gasteiger partial charge in [-0.15, -0.1) is 0 Å². The van der Waals surface area contributed by atoms with Crippen LogP contribution in [0.4, 0.5) is 0 Å². The van der Waals surface area contributed by atoms with E-state index in [0.29, 0.717) is 6.04 Å². The lowest BCUT2D eigenvalue weighted by atomic mass is 9.87. The maximum absolute atomic E-state index is 3.62. The molecule has 0 radical (unpaired) electrons. The quantitative estimate of drug-likeness (QED) is 0.735. The molecule has 1 rings (SSSR count). The summed E-state index contributed by atoms with van der Waals surface area (Å²) in [7, 11) is 0. The van der Waals surface area contributed by atoms with Crippen molar-refractivity contribution >= 4 is 0 Å². The molecule has 1 atom stereocenters. The van der Waals surface area contributed by atoms with Gasteiger partial charge in [-0.2, -0.15) is 0 Å².